The van der Waals surface area contributed by atoms with E-state index in [-0.39, 0.29) is 11.7 Å². The van der Waals surface area contributed by atoms with Crippen molar-refractivity contribution in [1.82, 2.24) is 9.29 Å². The van der Waals surface area contributed by atoms with Crippen LogP contribution in [0, 0.1) is 0 Å². The van der Waals surface area contributed by atoms with Crippen LogP contribution in [0.25, 0.3) is 0 Å². The number of thioether (sulfide) groups is 1. The van der Waals surface area contributed by atoms with Crippen LogP contribution in [0.2, 0.25) is 5.02 Å². The molecule has 4 rings (SSSR count). The van der Waals surface area contributed by atoms with E-state index < -0.39 is 10.0 Å². The van der Waals surface area contributed by atoms with Crippen molar-refractivity contribution in [3.05, 3.63) is 46.6 Å². The van der Waals surface area contributed by atoms with E-state index in [1.807, 2.05) is 12.1 Å². The maximum absolute atomic E-state index is 12.7. The first kappa shape index (κ1) is 20.0. The van der Waals surface area contributed by atoms with Crippen LogP contribution in [0.4, 0.5) is 0 Å². The zero-order chi connectivity index (χ0) is 19.6. The molecule has 150 valence electrons. The molecule has 2 aliphatic rings. The van der Waals surface area contributed by atoms with Gasteiger partial charge >= 0.3 is 0 Å². The standard InChI is InChI=1S/C19H21ClN2O4S2/c20-16-8-14-11-25-13-26-19(14)15(9-16)12-27-18-5-4-17(10-21-18)28(23,24)22-6-2-1-3-7-22/h4-5,8-10H,1-3,6-7,11-13H2. The zero-order valence-electron chi connectivity index (χ0n) is 15.3. The van der Waals surface area contributed by atoms with Crippen molar-refractivity contribution < 1.29 is 17.9 Å². The number of pyridine rings is 1. The van der Waals surface area contributed by atoms with Gasteiger partial charge < -0.3 is 9.47 Å². The van der Waals surface area contributed by atoms with Crippen molar-refractivity contribution in [3.63, 3.8) is 0 Å². The SMILES string of the molecule is O=S(=O)(c1ccc(SCc2cc(Cl)cc3c2OCOC3)nc1)N1CCCCC1. The summed E-state index contributed by atoms with van der Waals surface area (Å²) in [5.41, 5.74) is 1.91. The number of piperidine rings is 1. The third-order valence-corrected chi connectivity index (χ3v) is 7.88. The highest BCUT2D eigenvalue weighted by atomic mass is 35.5. The van der Waals surface area contributed by atoms with E-state index in [4.69, 9.17) is 21.1 Å². The van der Waals surface area contributed by atoms with Crippen LogP contribution >= 0.6 is 23.4 Å². The van der Waals surface area contributed by atoms with Gasteiger partial charge in [-0.2, -0.15) is 4.31 Å². The van der Waals surface area contributed by atoms with Gasteiger partial charge in [0.05, 0.1) is 11.6 Å². The van der Waals surface area contributed by atoms with E-state index in [2.05, 4.69) is 4.98 Å². The Bertz CT molecular complexity index is 945. The van der Waals surface area contributed by atoms with E-state index in [1.54, 1.807) is 16.4 Å². The molecule has 1 saturated heterocycles. The first-order valence-corrected chi connectivity index (χ1v) is 12.0. The fourth-order valence-electron chi connectivity index (χ4n) is 3.37. The normalized spacial score (nSPS) is 17.8. The quantitative estimate of drug-likeness (QED) is 0.653. The smallest absolute Gasteiger partial charge is 0.244 e. The number of aromatic nitrogens is 1. The fraction of sp³-hybridized carbons (Fsp3) is 0.421. The molecule has 0 atom stereocenters. The van der Waals surface area contributed by atoms with Crippen LogP contribution < -0.4 is 4.74 Å². The monoisotopic (exact) mass is 440 g/mol. The summed E-state index contributed by atoms with van der Waals surface area (Å²) < 4.78 is 37.9. The molecule has 0 unspecified atom stereocenters. The van der Waals surface area contributed by atoms with E-state index in [0.717, 1.165) is 41.2 Å². The van der Waals surface area contributed by atoms with Crippen molar-refractivity contribution in [2.75, 3.05) is 19.9 Å². The van der Waals surface area contributed by atoms with Gasteiger partial charge in [-0.05, 0) is 37.1 Å². The lowest BCUT2D eigenvalue weighted by Gasteiger charge is -2.25. The van der Waals surface area contributed by atoms with Crippen LogP contribution in [0.15, 0.2) is 40.4 Å². The second-order valence-electron chi connectivity index (χ2n) is 6.75. The molecular weight excluding hydrogens is 420 g/mol. The van der Waals surface area contributed by atoms with Crippen LogP contribution in [0.1, 0.15) is 30.4 Å². The van der Waals surface area contributed by atoms with Gasteiger partial charge in [0.25, 0.3) is 0 Å². The van der Waals surface area contributed by atoms with E-state index in [0.29, 0.717) is 30.5 Å². The van der Waals surface area contributed by atoms with Gasteiger partial charge in [0.15, 0.2) is 6.79 Å². The number of hydrogen-bond acceptors (Lipinski definition) is 6. The summed E-state index contributed by atoms with van der Waals surface area (Å²) in [7, 11) is -3.45. The van der Waals surface area contributed by atoms with Crippen molar-refractivity contribution in [2.24, 2.45) is 0 Å². The summed E-state index contributed by atoms with van der Waals surface area (Å²) in [5, 5.41) is 1.39. The predicted molar refractivity (Wildman–Crippen MR) is 108 cm³/mol. The molecule has 6 nitrogen and oxygen atoms in total. The van der Waals surface area contributed by atoms with E-state index >= 15 is 0 Å². The summed E-state index contributed by atoms with van der Waals surface area (Å²) in [6, 6.07) is 7.12. The number of halogens is 1. The van der Waals surface area contributed by atoms with Crippen molar-refractivity contribution >= 4 is 33.4 Å². The fourth-order valence-corrected chi connectivity index (χ4v) is 5.91. The first-order chi connectivity index (χ1) is 13.5. The van der Waals surface area contributed by atoms with Gasteiger partial charge in [-0.3, -0.25) is 0 Å². The molecular formula is C19H21ClN2O4S2. The molecule has 9 heteroatoms. The molecule has 28 heavy (non-hydrogen) atoms. The number of ether oxygens (including phenoxy) is 2. The Labute approximate surface area is 174 Å². The maximum atomic E-state index is 12.7. The summed E-state index contributed by atoms with van der Waals surface area (Å²) in [6.45, 7) is 1.88. The average Bonchev–Trinajstić information content (AvgIpc) is 2.73. The third kappa shape index (κ3) is 4.31. The number of fused-ring (bicyclic) bond motifs is 1. The minimum absolute atomic E-state index is 0.230. The molecule has 0 bridgehead atoms. The number of hydrogen-bond donors (Lipinski definition) is 0. The average molecular weight is 441 g/mol. The predicted octanol–water partition coefficient (Wildman–Crippen LogP) is 4.07. The Morgan fingerprint density at radius 2 is 2.00 bits per heavy atom. The number of rotatable bonds is 5. The van der Waals surface area contributed by atoms with Crippen LogP contribution in [-0.4, -0.2) is 37.6 Å². The largest absolute Gasteiger partial charge is 0.467 e. The molecule has 0 saturated carbocycles. The second kappa shape index (κ2) is 8.59. The van der Waals surface area contributed by atoms with Gasteiger partial charge in [-0.1, -0.05) is 18.0 Å². The zero-order valence-corrected chi connectivity index (χ0v) is 17.7. The molecule has 0 spiro atoms. The van der Waals surface area contributed by atoms with Crippen molar-refractivity contribution in [1.29, 1.82) is 0 Å². The van der Waals surface area contributed by atoms with Gasteiger partial charge in [-0.25, -0.2) is 13.4 Å². The van der Waals surface area contributed by atoms with Gasteiger partial charge in [0.2, 0.25) is 10.0 Å². The highest BCUT2D eigenvalue weighted by Gasteiger charge is 2.26. The highest BCUT2D eigenvalue weighted by molar-refractivity contribution is 7.98. The van der Waals surface area contributed by atoms with E-state index in [9.17, 15) is 8.42 Å². The molecule has 1 fully saturated rings. The molecule has 0 aliphatic carbocycles. The maximum Gasteiger partial charge on any atom is 0.244 e. The molecule has 0 radical (unpaired) electrons. The van der Waals surface area contributed by atoms with E-state index in [1.165, 1.54) is 18.0 Å². The first-order valence-electron chi connectivity index (χ1n) is 9.15. The molecule has 1 aromatic heterocycles. The number of nitrogens with zero attached hydrogens (tertiary/aromatic N) is 2. The Balaban J connectivity index is 1.46. The Morgan fingerprint density at radius 3 is 2.75 bits per heavy atom. The lowest BCUT2D eigenvalue weighted by atomic mass is 10.1. The highest BCUT2D eigenvalue weighted by Crippen LogP contribution is 2.35. The molecule has 1 aromatic carbocycles. The molecule has 0 amide bonds. The molecule has 2 aliphatic heterocycles. The minimum Gasteiger partial charge on any atom is -0.467 e. The summed E-state index contributed by atoms with van der Waals surface area (Å²) >= 11 is 7.71. The molecule has 2 aromatic rings. The Hall–Kier alpha value is -1.32. The molecule has 3 heterocycles. The van der Waals surface area contributed by atoms with Crippen molar-refractivity contribution in [3.8, 4) is 5.75 Å². The lowest BCUT2D eigenvalue weighted by molar-refractivity contribution is -0.0168. The van der Waals surface area contributed by atoms with Crippen molar-refractivity contribution in [2.45, 2.75) is 41.5 Å². The second-order valence-corrected chi connectivity index (χ2v) is 10.1. The summed E-state index contributed by atoms with van der Waals surface area (Å²) in [6.07, 6.45) is 4.36. The third-order valence-electron chi connectivity index (χ3n) is 4.79. The van der Waals surface area contributed by atoms with Gasteiger partial charge in [0, 0.05) is 41.2 Å². The van der Waals surface area contributed by atoms with Gasteiger partial charge in [-0.15, -0.1) is 11.8 Å². The minimum atomic E-state index is -3.45. The van der Waals surface area contributed by atoms with Crippen LogP contribution in [0.5, 0.6) is 5.75 Å². The van der Waals surface area contributed by atoms with Gasteiger partial charge in [0.1, 0.15) is 10.6 Å². The van der Waals surface area contributed by atoms with Crippen LogP contribution in [-0.2, 0) is 27.1 Å². The number of benzene rings is 1. The summed E-state index contributed by atoms with van der Waals surface area (Å²) in [4.78, 5) is 4.60. The summed E-state index contributed by atoms with van der Waals surface area (Å²) in [5.74, 6) is 1.43. The Morgan fingerprint density at radius 1 is 1.18 bits per heavy atom. The number of sulfonamides is 1. The van der Waals surface area contributed by atoms with Crippen LogP contribution in [0.3, 0.4) is 0 Å². The lowest BCUT2D eigenvalue weighted by Crippen LogP contribution is -2.35. The topological polar surface area (TPSA) is 68.7 Å². The molecule has 0 N–H and O–H groups in total. The Kier molecular flexibility index (Phi) is 6.13.